The van der Waals surface area contributed by atoms with Gasteiger partial charge in [-0.1, -0.05) is 48.5 Å². The van der Waals surface area contributed by atoms with E-state index in [1.54, 1.807) is 0 Å². The quantitative estimate of drug-likeness (QED) is 0.502. The number of nitrogens with one attached hydrogen (secondary N) is 1. The van der Waals surface area contributed by atoms with Crippen molar-refractivity contribution < 1.29 is 5.11 Å². The summed E-state index contributed by atoms with van der Waals surface area (Å²) < 4.78 is 0. The standard InChI is InChI=1S/C22H21NO/c1-14-8-10-17-18-11-9-15(13-21(18)23-20(17)12-14)16-6-4-5-7-19(16)22(2,3)24/h4-13,23-24H,1-3H3. The second kappa shape index (κ2) is 5.22. The molecule has 120 valence electrons. The molecule has 0 unspecified atom stereocenters. The van der Waals surface area contributed by atoms with Crippen LogP contribution in [-0.4, -0.2) is 10.1 Å². The molecule has 0 fully saturated rings. The number of aryl methyl sites for hydroxylation is 1. The number of aliphatic hydroxyl groups is 1. The van der Waals surface area contributed by atoms with Gasteiger partial charge >= 0.3 is 0 Å². The van der Waals surface area contributed by atoms with Crippen molar-refractivity contribution in [2.45, 2.75) is 26.4 Å². The lowest BCUT2D eigenvalue weighted by Crippen LogP contribution is -2.16. The van der Waals surface area contributed by atoms with Crippen LogP contribution in [-0.2, 0) is 5.60 Å². The number of hydrogen-bond acceptors (Lipinski definition) is 1. The van der Waals surface area contributed by atoms with Gasteiger partial charge in [0, 0.05) is 21.8 Å². The first-order valence-electron chi connectivity index (χ1n) is 8.28. The Bertz CT molecular complexity index is 1050. The van der Waals surface area contributed by atoms with Crippen LogP contribution in [0.3, 0.4) is 0 Å². The van der Waals surface area contributed by atoms with E-state index in [2.05, 4.69) is 54.4 Å². The summed E-state index contributed by atoms with van der Waals surface area (Å²) in [7, 11) is 0. The van der Waals surface area contributed by atoms with E-state index in [1.807, 2.05) is 32.0 Å². The zero-order valence-electron chi connectivity index (χ0n) is 14.2. The third-order valence-electron chi connectivity index (χ3n) is 4.65. The molecule has 1 heterocycles. The van der Waals surface area contributed by atoms with Crippen molar-refractivity contribution in [1.29, 1.82) is 0 Å². The van der Waals surface area contributed by atoms with Gasteiger partial charge in [0.2, 0.25) is 0 Å². The van der Waals surface area contributed by atoms with Crippen LogP contribution in [0.2, 0.25) is 0 Å². The summed E-state index contributed by atoms with van der Waals surface area (Å²) in [5, 5.41) is 13.0. The van der Waals surface area contributed by atoms with Crippen LogP contribution < -0.4 is 0 Å². The first-order chi connectivity index (χ1) is 11.4. The highest BCUT2D eigenvalue weighted by Gasteiger charge is 2.20. The Labute approximate surface area is 141 Å². The molecule has 0 aliphatic heterocycles. The average Bonchev–Trinajstić information content (AvgIpc) is 2.90. The Kier molecular flexibility index (Phi) is 3.26. The maximum Gasteiger partial charge on any atom is 0.0846 e. The van der Waals surface area contributed by atoms with E-state index < -0.39 is 5.60 Å². The molecule has 0 spiro atoms. The van der Waals surface area contributed by atoms with Gasteiger partial charge in [-0.25, -0.2) is 0 Å². The van der Waals surface area contributed by atoms with Gasteiger partial charge in [-0.3, -0.25) is 0 Å². The van der Waals surface area contributed by atoms with Crippen LogP contribution in [0.4, 0.5) is 0 Å². The number of hydrogen-bond donors (Lipinski definition) is 2. The predicted molar refractivity (Wildman–Crippen MR) is 101 cm³/mol. The minimum absolute atomic E-state index is 0.872. The number of benzene rings is 3. The fraction of sp³-hybridized carbons (Fsp3) is 0.182. The molecule has 4 aromatic rings. The van der Waals surface area contributed by atoms with Crippen molar-refractivity contribution in [3.05, 3.63) is 71.8 Å². The summed E-state index contributed by atoms with van der Waals surface area (Å²) in [6, 6.07) is 21.0. The van der Waals surface area contributed by atoms with Crippen molar-refractivity contribution in [1.82, 2.24) is 4.98 Å². The molecule has 2 nitrogen and oxygen atoms in total. The Morgan fingerprint density at radius 2 is 1.50 bits per heavy atom. The van der Waals surface area contributed by atoms with E-state index in [9.17, 15) is 5.11 Å². The fourth-order valence-corrected chi connectivity index (χ4v) is 3.46. The van der Waals surface area contributed by atoms with Crippen LogP contribution in [0.5, 0.6) is 0 Å². The molecule has 0 saturated heterocycles. The van der Waals surface area contributed by atoms with Gasteiger partial charge in [-0.15, -0.1) is 0 Å². The molecule has 0 aliphatic rings. The van der Waals surface area contributed by atoms with Crippen molar-refractivity contribution in [3.63, 3.8) is 0 Å². The summed E-state index contributed by atoms with van der Waals surface area (Å²) in [4.78, 5) is 3.52. The molecular weight excluding hydrogens is 294 g/mol. The summed E-state index contributed by atoms with van der Waals surface area (Å²) in [6.07, 6.45) is 0. The lowest BCUT2D eigenvalue weighted by Gasteiger charge is -2.21. The molecule has 24 heavy (non-hydrogen) atoms. The van der Waals surface area contributed by atoms with Crippen LogP contribution in [0.1, 0.15) is 25.0 Å². The molecule has 2 N–H and O–H groups in total. The van der Waals surface area contributed by atoms with E-state index in [4.69, 9.17) is 0 Å². The Morgan fingerprint density at radius 3 is 2.25 bits per heavy atom. The number of fused-ring (bicyclic) bond motifs is 3. The van der Waals surface area contributed by atoms with Crippen LogP contribution >= 0.6 is 0 Å². The third kappa shape index (κ3) is 2.40. The highest BCUT2D eigenvalue weighted by molar-refractivity contribution is 6.08. The maximum absolute atomic E-state index is 10.5. The Morgan fingerprint density at radius 1 is 0.833 bits per heavy atom. The summed E-state index contributed by atoms with van der Waals surface area (Å²) >= 11 is 0. The first kappa shape index (κ1) is 15.0. The second-order valence-electron chi connectivity index (χ2n) is 7.04. The van der Waals surface area contributed by atoms with Crippen LogP contribution in [0.25, 0.3) is 32.9 Å². The monoisotopic (exact) mass is 315 g/mol. The van der Waals surface area contributed by atoms with Gasteiger partial charge in [-0.2, -0.15) is 0 Å². The summed E-state index contributed by atoms with van der Waals surface area (Å²) in [5.74, 6) is 0. The normalized spacial score (nSPS) is 12.2. The van der Waals surface area contributed by atoms with Gasteiger partial charge in [0.05, 0.1) is 5.60 Å². The van der Waals surface area contributed by atoms with Gasteiger partial charge in [0.1, 0.15) is 0 Å². The van der Waals surface area contributed by atoms with Crippen molar-refractivity contribution in [3.8, 4) is 11.1 Å². The van der Waals surface area contributed by atoms with Crippen LogP contribution in [0, 0.1) is 6.92 Å². The van der Waals surface area contributed by atoms with Gasteiger partial charge in [0.15, 0.2) is 0 Å². The molecule has 4 rings (SSSR count). The van der Waals surface area contributed by atoms with Gasteiger partial charge in [-0.05, 0) is 55.2 Å². The molecule has 3 aromatic carbocycles. The lowest BCUT2D eigenvalue weighted by molar-refractivity contribution is 0.0792. The van der Waals surface area contributed by atoms with Crippen molar-refractivity contribution >= 4 is 21.8 Å². The number of H-pyrrole nitrogens is 1. The van der Waals surface area contributed by atoms with E-state index in [0.717, 1.165) is 27.7 Å². The molecule has 0 radical (unpaired) electrons. The average molecular weight is 315 g/mol. The number of rotatable bonds is 2. The van der Waals surface area contributed by atoms with Crippen LogP contribution in [0.15, 0.2) is 60.7 Å². The molecule has 0 amide bonds. The molecule has 2 heteroatoms. The first-order valence-corrected chi connectivity index (χ1v) is 8.28. The summed E-state index contributed by atoms with van der Waals surface area (Å²) in [5.41, 5.74) is 5.79. The number of aromatic amines is 1. The topological polar surface area (TPSA) is 36.0 Å². The highest BCUT2D eigenvalue weighted by atomic mass is 16.3. The van der Waals surface area contributed by atoms with E-state index in [1.165, 1.54) is 16.3 Å². The highest BCUT2D eigenvalue weighted by Crippen LogP contribution is 2.34. The zero-order chi connectivity index (χ0) is 16.9. The molecule has 0 atom stereocenters. The van der Waals surface area contributed by atoms with E-state index in [-0.39, 0.29) is 0 Å². The van der Waals surface area contributed by atoms with E-state index >= 15 is 0 Å². The summed E-state index contributed by atoms with van der Waals surface area (Å²) in [6.45, 7) is 5.77. The number of aromatic nitrogens is 1. The van der Waals surface area contributed by atoms with E-state index in [0.29, 0.717) is 0 Å². The zero-order valence-corrected chi connectivity index (χ0v) is 14.2. The maximum atomic E-state index is 10.5. The smallest absolute Gasteiger partial charge is 0.0846 e. The van der Waals surface area contributed by atoms with Gasteiger partial charge in [0.25, 0.3) is 0 Å². The molecule has 0 bridgehead atoms. The fourth-order valence-electron chi connectivity index (χ4n) is 3.46. The second-order valence-corrected chi connectivity index (χ2v) is 7.04. The molecule has 1 aromatic heterocycles. The largest absolute Gasteiger partial charge is 0.386 e. The molecule has 0 saturated carbocycles. The third-order valence-corrected chi connectivity index (χ3v) is 4.65. The predicted octanol–water partition coefficient (Wildman–Crippen LogP) is 5.52. The Hall–Kier alpha value is -2.58. The van der Waals surface area contributed by atoms with Crippen molar-refractivity contribution in [2.75, 3.05) is 0 Å². The molecular formula is C22H21NO. The molecule has 0 aliphatic carbocycles. The SMILES string of the molecule is Cc1ccc2c(c1)[nH]c1cc(-c3ccccc3C(C)(C)O)ccc12. The Balaban J connectivity index is 1.95. The minimum Gasteiger partial charge on any atom is -0.386 e. The van der Waals surface area contributed by atoms with Crippen molar-refractivity contribution in [2.24, 2.45) is 0 Å². The van der Waals surface area contributed by atoms with Gasteiger partial charge < -0.3 is 10.1 Å². The minimum atomic E-state index is -0.872. The lowest BCUT2D eigenvalue weighted by atomic mass is 9.89.